The summed E-state index contributed by atoms with van der Waals surface area (Å²) < 4.78 is 14.7. The number of nitrogens with zero attached hydrogens (tertiary/aromatic N) is 3. The minimum absolute atomic E-state index is 0.159. The number of rotatable bonds is 5. The fourth-order valence-corrected chi connectivity index (χ4v) is 2.73. The summed E-state index contributed by atoms with van der Waals surface area (Å²) in [6.07, 6.45) is 0. The Labute approximate surface area is 153 Å². The van der Waals surface area contributed by atoms with Crippen molar-refractivity contribution in [2.75, 3.05) is 5.43 Å². The predicted molar refractivity (Wildman–Crippen MR) is 97.2 cm³/mol. The van der Waals surface area contributed by atoms with Gasteiger partial charge < -0.3 is 0 Å². The van der Waals surface area contributed by atoms with Crippen LogP contribution in [0.5, 0.6) is 0 Å². The summed E-state index contributed by atoms with van der Waals surface area (Å²) in [5.41, 5.74) is 7.01. The average Bonchev–Trinajstić information content (AvgIpc) is 2.95. The zero-order chi connectivity index (χ0) is 19.6. The summed E-state index contributed by atoms with van der Waals surface area (Å²) in [5.74, 6) is -0.858. The number of para-hydroxylation sites is 2. The molecule has 0 fully saturated rings. The first kappa shape index (κ1) is 18.1. The van der Waals surface area contributed by atoms with Gasteiger partial charge in [-0.25, -0.2) is 9.07 Å². The van der Waals surface area contributed by atoms with Crippen LogP contribution in [0.3, 0.4) is 0 Å². The third kappa shape index (κ3) is 3.61. The molecule has 27 heavy (non-hydrogen) atoms. The largest absolute Gasteiger partial charge is 0.294 e. The topological polar surface area (TPSA) is 102 Å². The van der Waals surface area contributed by atoms with Crippen molar-refractivity contribution < 1.29 is 14.1 Å². The highest BCUT2D eigenvalue weighted by Gasteiger charge is 2.20. The molecule has 0 unspecified atom stereocenters. The number of carbonyl (C=O) groups is 1. The van der Waals surface area contributed by atoms with Crippen LogP contribution in [0.1, 0.15) is 21.7 Å². The van der Waals surface area contributed by atoms with Crippen LogP contribution in [0.25, 0.3) is 5.69 Å². The molecule has 3 rings (SSSR count). The lowest BCUT2D eigenvalue weighted by Crippen LogP contribution is -2.30. The van der Waals surface area contributed by atoms with Gasteiger partial charge in [-0.2, -0.15) is 5.10 Å². The lowest BCUT2D eigenvalue weighted by atomic mass is 10.2. The van der Waals surface area contributed by atoms with E-state index >= 15 is 0 Å². The van der Waals surface area contributed by atoms with Gasteiger partial charge in [-0.1, -0.05) is 12.1 Å². The minimum Gasteiger partial charge on any atom is -0.292 e. The summed E-state index contributed by atoms with van der Waals surface area (Å²) in [5, 5.41) is 15.4. The van der Waals surface area contributed by atoms with Crippen LogP contribution in [0, 0.1) is 29.8 Å². The van der Waals surface area contributed by atoms with Crippen LogP contribution < -0.4 is 10.9 Å². The molecule has 0 saturated carbocycles. The van der Waals surface area contributed by atoms with Gasteiger partial charge in [-0.3, -0.25) is 25.8 Å². The maximum absolute atomic E-state index is 13.1. The number of carbonyl (C=O) groups excluding carboxylic acids is 1. The second kappa shape index (κ2) is 7.24. The van der Waals surface area contributed by atoms with Crippen molar-refractivity contribution in [3.05, 3.63) is 81.4 Å². The van der Waals surface area contributed by atoms with E-state index in [1.165, 1.54) is 35.0 Å². The highest BCUT2D eigenvalue weighted by Crippen LogP contribution is 2.23. The van der Waals surface area contributed by atoms with E-state index < -0.39 is 10.8 Å². The van der Waals surface area contributed by atoms with Crippen LogP contribution in [0.2, 0.25) is 0 Å². The van der Waals surface area contributed by atoms with Gasteiger partial charge in [0.25, 0.3) is 11.6 Å². The molecular weight excluding hydrogens is 353 g/mol. The predicted octanol–water partition coefficient (Wildman–Crippen LogP) is 3.29. The molecule has 1 aromatic heterocycles. The number of nitro groups is 1. The zero-order valence-electron chi connectivity index (χ0n) is 14.6. The SMILES string of the molecule is Cc1nn(-c2ccc(F)cc2)c(C)c1C(=O)NNc1ccccc1[N+](=O)[O-]. The van der Waals surface area contributed by atoms with Crippen LogP contribution in [-0.4, -0.2) is 20.6 Å². The van der Waals surface area contributed by atoms with Crippen LogP contribution in [-0.2, 0) is 0 Å². The summed E-state index contributed by atoms with van der Waals surface area (Å²) >= 11 is 0. The summed E-state index contributed by atoms with van der Waals surface area (Å²) in [4.78, 5) is 23.1. The monoisotopic (exact) mass is 369 g/mol. The Kier molecular flexibility index (Phi) is 4.84. The quantitative estimate of drug-likeness (QED) is 0.531. The van der Waals surface area contributed by atoms with Gasteiger partial charge in [0.2, 0.25) is 0 Å². The Balaban J connectivity index is 1.84. The molecule has 138 valence electrons. The molecule has 0 aliphatic heterocycles. The lowest BCUT2D eigenvalue weighted by molar-refractivity contribution is -0.384. The van der Waals surface area contributed by atoms with Crippen molar-refractivity contribution in [2.45, 2.75) is 13.8 Å². The summed E-state index contributed by atoms with van der Waals surface area (Å²) in [6.45, 7) is 3.39. The standard InChI is InChI=1S/C18H16FN5O3/c1-11-17(12(2)23(22-11)14-9-7-13(19)8-10-14)18(25)21-20-15-5-3-4-6-16(15)24(26)27/h3-10,20H,1-2H3,(H,21,25). The normalized spacial score (nSPS) is 10.5. The van der Waals surface area contributed by atoms with Crippen molar-refractivity contribution in [2.24, 2.45) is 0 Å². The highest BCUT2D eigenvalue weighted by molar-refractivity contribution is 5.97. The molecule has 0 aliphatic rings. The molecule has 9 heteroatoms. The van der Waals surface area contributed by atoms with Crippen molar-refractivity contribution >= 4 is 17.3 Å². The van der Waals surface area contributed by atoms with E-state index in [9.17, 15) is 19.3 Å². The smallest absolute Gasteiger partial charge is 0.292 e. The number of hydrazine groups is 1. The van der Waals surface area contributed by atoms with Crippen molar-refractivity contribution in [1.82, 2.24) is 15.2 Å². The van der Waals surface area contributed by atoms with Gasteiger partial charge in [0.1, 0.15) is 11.5 Å². The first-order chi connectivity index (χ1) is 12.9. The fraction of sp³-hybridized carbons (Fsp3) is 0.111. The number of benzene rings is 2. The van der Waals surface area contributed by atoms with Gasteiger partial charge in [0.15, 0.2) is 0 Å². The Morgan fingerprint density at radius 2 is 1.81 bits per heavy atom. The average molecular weight is 369 g/mol. The molecule has 1 amide bonds. The lowest BCUT2D eigenvalue weighted by Gasteiger charge is -2.09. The Hall–Kier alpha value is -3.75. The highest BCUT2D eigenvalue weighted by atomic mass is 19.1. The van der Waals surface area contributed by atoms with Crippen LogP contribution in [0.15, 0.2) is 48.5 Å². The Morgan fingerprint density at radius 3 is 2.48 bits per heavy atom. The second-order valence-corrected chi connectivity index (χ2v) is 5.79. The maximum Gasteiger partial charge on any atom is 0.294 e. The van der Waals surface area contributed by atoms with E-state index in [-0.39, 0.29) is 17.2 Å². The van der Waals surface area contributed by atoms with Gasteiger partial charge in [-0.05, 0) is 44.2 Å². The molecule has 0 bridgehead atoms. The van der Waals surface area contributed by atoms with E-state index in [0.29, 0.717) is 22.6 Å². The van der Waals surface area contributed by atoms with Gasteiger partial charge in [0, 0.05) is 6.07 Å². The van der Waals surface area contributed by atoms with Gasteiger partial charge in [0.05, 0.1) is 27.6 Å². The number of aryl methyl sites for hydroxylation is 1. The third-order valence-electron chi connectivity index (χ3n) is 4.00. The van der Waals surface area contributed by atoms with E-state index in [2.05, 4.69) is 16.0 Å². The number of nitro benzene ring substituents is 1. The molecule has 2 N–H and O–H groups in total. The van der Waals surface area contributed by atoms with E-state index in [1.54, 1.807) is 32.0 Å². The van der Waals surface area contributed by atoms with Crippen molar-refractivity contribution in [3.63, 3.8) is 0 Å². The third-order valence-corrected chi connectivity index (χ3v) is 4.00. The molecule has 1 heterocycles. The molecule has 0 radical (unpaired) electrons. The van der Waals surface area contributed by atoms with E-state index in [4.69, 9.17) is 0 Å². The van der Waals surface area contributed by atoms with E-state index in [0.717, 1.165) is 0 Å². The molecule has 2 aromatic carbocycles. The Morgan fingerprint density at radius 1 is 1.15 bits per heavy atom. The fourth-order valence-electron chi connectivity index (χ4n) is 2.73. The van der Waals surface area contributed by atoms with Gasteiger partial charge >= 0.3 is 0 Å². The maximum atomic E-state index is 13.1. The van der Waals surface area contributed by atoms with Gasteiger partial charge in [-0.15, -0.1) is 0 Å². The molecule has 0 spiro atoms. The molecular formula is C18H16FN5O3. The Bertz CT molecular complexity index is 1010. The molecule has 8 nitrogen and oxygen atoms in total. The first-order valence-electron chi connectivity index (χ1n) is 8.00. The molecule has 0 saturated heterocycles. The number of amides is 1. The molecule has 3 aromatic rings. The van der Waals surface area contributed by atoms with Crippen LogP contribution >= 0.6 is 0 Å². The summed E-state index contributed by atoms with van der Waals surface area (Å²) in [7, 11) is 0. The summed E-state index contributed by atoms with van der Waals surface area (Å²) in [6, 6.07) is 11.7. The zero-order valence-corrected chi connectivity index (χ0v) is 14.6. The second-order valence-electron chi connectivity index (χ2n) is 5.79. The number of hydrogen-bond acceptors (Lipinski definition) is 5. The number of anilines is 1. The number of hydrogen-bond donors (Lipinski definition) is 2. The van der Waals surface area contributed by atoms with Crippen molar-refractivity contribution in [3.8, 4) is 5.69 Å². The van der Waals surface area contributed by atoms with Crippen LogP contribution in [0.4, 0.5) is 15.8 Å². The number of halogens is 1. The number of aromatic nitrogens is 2. The minimum atomic E-state index is -0.544. The number of nitrogens with one attached hydrogen (secondary N) is 2. The molecule has 0 aliphatic carbocycles. The van der Waals surface area contributed by atoms with Crippen molar-refractivity contribution in [1.29, 1.82) is 0 Å². The first-order valence-corrected chi connectivity index (χ1v) is 8.00. The van der Waals surface area contributed by atoms with E-state index in [1.807, 2.05) is 0 Å². The molecule has 0 atom stereocenters.